The van der Waals surface area contributed by atoms with Gasteiger partial charge in [0.05, 0.1) is 27.0 Å². The average Bonchev–Trinajstić information content (AvgIpc) is 2.97. The highest BCUT2D eigenvalue weighted by Gasteiger charge is 2.31. The molecule has 218 valence electrons. The SMILES string of the molecule is COc1ccc(CN2CCC(C(=O)N3CCN(c4ccccc4F)CC3)CC2)c(OC)c1OC.O=C(O)C(=O)O. The first kappa shape index (κ1) is 30.5. The molecule has 11 nitrogen and oxygen atoms in total. The number of carbonyl (C=O) groups is 3. The second kappa shape index (κ2) is 14.4. The minimum absolute atomic E-state index is 0.0450. The van der Waals surface area contributed by atoms with Gasteiger partial charge >= 0.3 is 11.9 Å². The first-order valence-corrected chi connectivity index (χ1v) is 12.9. The number of likely N-dealkylation sites (tertiary alicyclic amines) is 1. The van der Waals surface area contributed by atoms with Crippen LogP contribution in [0.3, 0.4) is 0 Å². The minimum Gasteiger partial charge on any atom is -0.493 e. The minimum atomic E-state index is -1.82. The van der Waals surface area contributed by atoms with E-state index in [0.717, 1.165) is 38.0 Å². The molecule has 2 saturated heterocycles. The number of carboxylic acids is 2. The van der Waals surface area contributed by atoms with Gasteiger partial charge in [0.1, 0.15) is 5.82 Å². The smallest absolute Gasteiger partial charge is 0.414 e. The molecule has 0 bridgehead atoms. The van der Waals surface area contributed by atoms with Gasteiger partial charge in [0, 0.05) is 44.2 Å². The molecule has 2 aliphatic rings. The highest BCUT2D eigenvalue weighted by atomic mass is 19.1. The third-order valence-electron chi connectivity index (χ3n) is 7.08. The fourth-order valence-electron chi connectivity index (χ4n) is 5.00. The Morgan fingerprint density at radius 3 is 1.95 bits per heavy atom. The van der Waals surface area contributed by atoms with E-state index < -0.39 is 11.9 Å². The number of hydrogen-bond acceptors (Lipinski definition) is 8. The van der Waals surface area contributed by atoms with Gasteiger partial charge in [-0.2, -0.15) is 0 Å². The van der Waals surface area contributed by atoms with Crippen LogP contribution in [0.5, 0.6) is 17.2 Å². The number of benzene rings is 2. The van der Waals surface area contributed by atoms with E-state index in [0.29, 0.717) is 49.1 Å². The van der Waals surface area contributed by atoms with Gasteiger partial charge in [-0.25, -0.2) is 14.0 Å². The van der Waals surface area contributed by atoms with Gasteiger partial charge in [-0.15, -0.1) is 0 Å². The summed E-state index contributed by atoms with van der Waals surface area (Å²) in [6, 6.07) is 10.7. The molecule has 0 radical (unpaired) electrons. The lowest BCUT2D eigenvalue weighted by Gasteiger charge is -2.39. The summed E-state index contributed by atoms with van der Waals surface area (Å²) in [5, 5.41) is 14.8. The Kier molecular flexibility index (Phi) is 10.9. The second-order valence-corrected chi connectivity index (χ2v) is 9.42. The molecule has 2 fully saturated rings. The summed E-state index contributed by atoms with van der Waals surface area (Å²) in [5.41, 5.74) is 1.66. The molecule has 0 aliphatic carbocycles. The highest BCUT2D eigenvalue weighted by molar-refractivity contribution is 6.27. The number of rotatable bonds is 7. The van der Waals surface area contributed by atoms with Crippen LogP contribution in [0.4, 0.5) is 10.1 Å². The van der Waals surface area contributed by atoms with E-state index in [1.807, 2.05) is 28.0 Å². The molecule has 12 heteroatoms. The van der Waals surface area contributed by atoms with Gasteiger partial charge in [-0.05, 0) is 44.1 Å². The van der Waals surface area contributed by atoms with E-state index in [2.05, 4.69) is 4.90 Å². The summed E-state index contributed by atoms with van der Waals surface area (Å²) >= 11 is 0. The standard InChI is InChI=1S/C26H34FN3O4.C2H2O4/c1-32-23-9-8-20(24(33-2)25(23)34-3)18-28-12-10-19(11-13-28)26(31)30-16-14-29(15-17-30)22-7-5-4-6-21(22)27;3-1(4)2(5)6/h4-9,19H,10-18H2,1-3H3;(H,3,4)(H,5,6). The maximum absolute atomic E-state index is 14.1. The number of piperazine rings is 1. The Bertz CT molecular complexity index is 1170. The van der Waals surface area contributed by atoms with Crippen molar-refractivity contribution < 1.29 is 43.2 Å². The molecule has 2 N–H and O–H groups in total. The van der Waals surface area contributed by atoms with E-state index in [1.54, 1.807) is 33.5 Å². The average molecular weight is 562 g/mol. The lowest BCUT2D eigenvalue weighted by atomic mass is 9.94. The molecule has 0 saturated carbocycles. The van der Waals surface area contributed by atoms with Crippen molar-refractivity contribution in [3.63, 3.8) is 0 Å². The summed E-state index contributed by atoms with van der Waals surface area (Å²) in [7, 11) is 4.85. The number of halogens is 1. The molecule has 4 rings (SSSR count). The van der Waals surface area contributed by atoms with E-state index in [4.69, 9.17) is 34.0 Å². The van der Waals surface area contributed by atoms with Crippen molar-refractivity contribution in [1.82, 2.24) is 9.80 Å². The molecular weight excluding hydrogens is 525 g/mol. The van der Waals surface area contributed by atoms with E-state index in [1.165, 1.54) is 6.07 Å². The van der Waals surface area contributed by atoms with Crippen LogP contribution in [0.1, 0.15) is 18.4 Å². The fourth-order valence-corrected chi connectivity index (χ4v) is 5.00. The topological polar surface area (TPSA) is 129 Å². The maximum Gasteiger partial charge on any atom is 0.414 e. The van der Waals surface area contributed by atoms with Gasteiger partial charge in [-0.1, -0.05) is 18.2 Å². The molecule has 0 atom stereocenters. The number of methoxy groups -OCH3 is 3. The molecular formula is C28H36FN3O8. The fraction of sp³-hybridized carbons (Fsp3) is 0.464. The predicted molar refractivity (Wildman–Crippen MR) is 145 cm³/mol. The zero-order valence-corrected chi connectivity index (χ0v) is 23.0. The number of nitrogens with zero attached hydrogens (tertiary/aromatic N) is 3. The van der Waals surface area contributed by atoms with Gasteiger partial charge in [-0.3, -0.25) is 9.69 Å². The third-order valence-corrected chi connectivity index (χ3v) is 7.08. The van der Waals surface area contributed by atoms with Crippen LogP contribution < -0.4 is 19.1 Å². The van der Waals surface area contributed by atoms with Crippen molar-refractivity contribution in [2.24, 2.45) is 5.92 Å². The Balaban J connectivity index is 0.000000663. The number of anilines is 1. The number of amides is 1. The van der Waals surface area contributed by atoms with Crippen molar-refractivity contribution in [3.8, 4) is 17.2 Å². The lowest BCUT2D eigenvalue weighted by molar-refractivity contribution is -0.159. The normalized spacial score (nSPS) is 16.0. The quantitative estimate of drug-likeness (QED) is 0.487. The van der Waals surface area contributed by atoms with Crippen LogP contribution in [0, 0.1) is 11.7 Å². The van der Waals surface area contributed by atoms with Crippen molar-refractivity contribution in [2.75, 3.05) is 65.5 Å². The number of aliphatic carboxylic acids is 2. The van der Waals surface area contributed by atoms with Crippen molar-refractivity contribution in [1.29, 1.82) is 0 Å². The van der Waals surface area contributed by atoms with Crippen LogP contribution in [0.2, 0.25) is 0 Å². The first-order chi connectivity index (χ1) is 19.2. The van der Waals surface area contributed by atoms with Gasteiger partial charge in [0.15, 0.2) is 11.5 Å². The van der Waals surface area contributed by atoms with Gasteiger partial charge in [0.2, 0.25) is 11.7 Å². The van der Waals surface area contributed by atoms with E-state index in [-0.39, 0.29) is 17.6 Å². The number of piperidine rings is 1. The van der Waals surface area contributed by atoms with Crippen molar-refractivity contribution >= 4 is 23.5 Å². The maximum atomic E-state index is 14.1. The zero-order chi connectivity index (χ0) is 29.2. The molecule has 2 heterocycles. The molecule has 2 aromatic rings. The Hall–Kier alpha value is -4.06. The van der Waals surface area contributed by atoms with Crippen LogP contribution >= 0.6 is 0 Å². The first-order valence-electron chi connectivity index (χ1n) is 12.9. The van der Waals surface area contributed by atoms with Gasteiger partial charge < -0.3 is 34.2 Å². The summed E-state index contributed by atoms with van der Waals surface area (Å²) < 4.78 is 30.6. The van der Waals surface area contributed by atoms with Crippen LogP contribution in [-0.2, 0) is 20.9 Å². The molecule has 2 aromatic carbocycles. The van der Waals surface area contributed by atoms with Gasteiger partial charge in [0.25, 0.3) is 0 Å². The summed E-state index contributed by atoms with van der Waals surface area (Å²) in [5.74, 6) is -1.65. The number of para-hydroxylation sites is 1. The number of carbonyl (C=O) groups excluding carboxylic acids is 1. The third kappa shape index (κ3) is 7.53. The monoisotopic (exact) mass is 561 g/mol. The van der Waals surface area contributed by atoms with Crippen LogP contribution in [0.15, 0.2) is 36.4 Å². The summed E-state index contributed by atoms with van der Waals surface area (Å²) in [6.45, 7) is 5.01. The molecule has 0 unspecified atom stereocenters. The van der Waals surface area contributed by atoms with Crippen LogP contribution in [-0.4, -0.2) is 98.5 Å². The highest BCUT2D eigenvalue weighted by Crippen LogP contribution is 2.40. The lowest BCUT2D eigenvalue weighted by Crippen LogP contribution is -2.51. The summed E-state index contributed by atoms with van der Waals surface area (Å²) in [6.07, 6.45) is 1.67. The number of carboxylic acid groups (broad SMARTS) is 2. The Labute approximate surface area is 232 Å². The number of ether oxygens (including phenoxy) is 3. The molecule has 40 heavy (non-hydrogen) atoms. The van der Waals surface area contributed by atoms with E-state index >= 15 is 0 Å². The Morgan fingerprint density at radius 1 is 0.825 bits per heavy atom. The van der Waals surface area contributed by atoms with Crippen molar-refractivity contribution in [3.05, 3.63) is 47.8 Å². The molecule has 1 amide bonds. The molecule has 0 aromatic heterocycles. The van der Waals surface area contributed by atoms with E-state index in [9.17, 15) is 9.18 Å². The molecule has 2 aliphatic heterocycles. The Morgan fingerprint density at radius 2 is 1.43 bits per heavy atom. The number of hydrogen-bond donors (Lipinski definition) is 2. The van der Waals surface area contributed by atoms with Crippen molar-refractivity contribution in [2.45, 2.75) is 19.4 Å². The summed E-state index contributed by atoms with van der Waals surface area (Å²) in [4.78, 5) is 37.7. The zero-order valence-electron chi connectivity index (χ0n) is 23.0. The predicted octanol–water partition coefficient (Wildman–Crippen LogP) is 2.57. The molecule has 0 spiro atoms. The largest absolute Gasteiger partial charge is 0.493 e. The second-order valence-electron chi connectivity index (χ2n) is 9.42. The van der Waals surface area contributed by atoms with Crippen LogP contribution in [0.25, 0.3) is 0 Å².